The lowest BCUT2D eigenvalue weighted by Crippen LogP contribution is -2.45. The first-order valence-electron chi connectivity index (χ1n) is 14.4. The van der Waals surface area contributed by atoms with Crippen molar-refractivity contribution in [1.82, 2.24) is 19.8 Å². The number of carbonyl (C=O) groups excluding carboxylic acids is 2. The fourth-order valence-corrected chi connectivity index (χ4v) is 6.22. The molecule has 2 aliphatic heterocycles. The van der Waals surface area contributed by atoms with Crippen LogP contribution in [0.1, 0.15) is 74.8 Å². The largest absolute Gasteiger partial charge is 0.364 e. The summed E-state index contributed by atoms with van der Waals surface area (Å²) in [5, 5.41) is 3.31. The predicted octanol–water partition coefficient (Wildman–Crippen LogP) is 3.92. The number of nitrogens with one attached hydrogen (secondary N) is 1. The number of benzene rings is 1. The number of carbonyl (C=O) groups is 2. The lowest BCUT2D eigenvalue weighted by molar-refractivity contribution is -0.130. The first-order valence-corrected chi connectivity index (χ1v) is 14.4. The Hall–Kier alpha value is -3.20. The average Bonchev–Trinajstić information content (AvgIpc) is 3.76. The van der Waals surface area contributed by atoms with Gasteiger partial charge in [-0.05, 0) is 87.6 Å². The van der Waals surface area contributed by atoms with Crippen molar-refractivity contribution in [3.8, 4) is 0 Å². The van der Waals surface area contributed by atoms with E-state index in [0.29, 0.717) is 18.1 Å². The zero-order chi connectivity index (χ0) is 27.7. The van der Waals surface area contributed by atoms with Crippen LogP contribution >= 0.6 is 0 Å². The fraction of sp³-hybridized carbons (Fsp3) is 0.600. The van der Waals surface area contributed by atoms with Crippen molar-refractivity contribution in [2.24, 2.45) is 11.7 Å². The smallest absolute Gasteiger partial charge is 0.271 e. The lowest BCUT2D eigenvalue weighted by atomic mass is 9.74. The summed E-state index contributed by atoms with van der Waals surface area (Å²) in [5.41, 5.74) is 8.15. The quantitative estimate of drug-likeness (QED) is 0.530. The first-order chi connectivity index (χ1) is 18.6. The number of nitrogens with zero attached hydrogens (tertiary/aromatic N) is 5. The minimum atomic E-state index is -0.621. The molecule has 3 fully saturated rings. The predicted molar refractivity (Wildman–Crippen MR) is 154 cm³/mol. The molecule has 3 heterocycles. The molecular weight excluding hydrogens is 490 g/mol. The summed E-state index contributed by atoms with van der Waals surface area (Å²) >= 11 is 0. The highest BCUT2D eigenvalue weighted by Gasteiger charge is 2.37. The van der Waals surface area contributed by atoms with E-state index in [2.05, 4.69) is 58.2 Å². The van der Waals surface area contributed by atoms with Crippen LogP contribution in [-0.2, 0) is 10.2 Å². The number of hydrogen-bond donors (Lipinski definition) is 2. The van der Waals surface area contributed by atoms with E-state index in [4.69, 9.17) is 10.7 Å². The van der Waals surface area contributed by atoms with Gasteiger partial charge in [-0.2, -0.15) is 0 Å². The van der Waals surface area contributed by atoms with Gasteiger partial charge >= 0.3 is 0 Å². The van der Waals surface area contributed by atoms with Crippen molar-refractivity contribution in [3.05, 3.63) is 41.7 Å². The van der Waals surface area contributed by atoms with Crippen LogP contribution in [0, 0.1) is 5.92 Å². The Labute approximate surface area is 232 Å². The number of amides is 2. The standard InChI is InChI=1S/C30H43N7O2/c1-20-21(18-26(38)35(3)4)6-5-15-37(20)25-19-32-27(28(31)39)29(34-25)33-23-9-7-22(8-10-23)30(2)13-16-36(17-14-30)24-11-12-24/h7-10,19-21,24H,5-6,11-18H2,1-4H3,(H2,31,39)(H,33,34)/t20-,21+/m1/s1. The second-order valence-electron chi connectivity index (χ2n) is 12.1. The Kier molecular flexibility index (Phi) is 7.80. The number of piperidine rings is 2. The number of nitrogens with two attached hydrogens (primary N) is 1. The van der Waals surface area contributed by atoms with Crippen LogP contribution in [0.25, 0.3) is 0 Å². The summed E-state index contributed by atoms with van der Waals surface area (Å²) in [6, 6.07) is 9.44. The number of hydrogen-bond acceptors (Lipinski definition) is 7. The third-order valence-electron chi connectivity index (χ3n) is 9.18. The number of primary amides is 1. The zero-order valence-corrected chi connectivity index (χ0v) is 23.8. The fourth-order valence-electron chi connectivity index (χ4n) is 6.22. The van der Waals surface area contributed by atoms with Crippen molar-refractivity contribution in [3.63, 3.8) is 0 Å². The molecule has 0 unspecified atom stereocenters. The highest BCUT2D eigenvalue weighted by molar-refractivity contribution is 5.96. The minimum Gasteiger partial charge on any atom is -0.364 e. The van der Waals surface area contributed by atoms with Gasteiger partial charge < -0.3 is 25.8 Å². The molecule has 1 saturated carbocycles. The molecule has 0 spiro atoms. The molecule has 5 rings (SSSR count). The summed E-state index contributed by atoms with van der Waals surface area (Å²) in [6.07, 6.45) is 9.16. The topological polar surface area (TPSA) is 108 Å². The molecule has 210 valence electrons. The summed E-state index contributed by atoms with van der Waals surface area (Å²) in [4.78, 5) is 40.3. The highest BCUT2D eigenvalue weighted by Crippen LogP contribution is 2.39. The Morgan fingerprint density at radius 2 is 1.79 bits per heavy atom. The maximum absolute atomic E-state index is 12.4. The molecule has 39 heavy (non-hydrogen) atoms. The molecule has 0 radical (unpaired) electrons. The number of likely N-dealkylation sites (tertiary alicyclic amines) is 1. The molecule has 9 nitrogen and oxygen atoms in total. The van der Waals surface area contributed by atoms with E-state index in [1.54, 1.807) is 25.2 Å². The molecule has 2 atom stereocenters. The molecule has 0 bridgehead atoms. The maximum Gasteiger partial charge on any atom is 0.271 e. The van der Waals surface area contributed by atoms with Gasteiger partial charge in [0.05, 0.1) is 6.20 Å². The van der Waals surface area contributed by atoms with Gasteiger partial charge in [0.1, 0.15) is 5.82 Å². The molecule has 2 saturated heterocycles. The molecule has 1 aliphatic carbocycles. The van der Waals surface area contributed by atoms with E-state index in [-0.39, 0.29) is 29.0 Å². The lowest BCUT2D eigenvalue weighted by Gasteiger charge is -2.40. The van der Waals surface area contributed by atoms with Crippen LogP contribution in [0.5, 0.6) is 0 Å². The Morgan fingerprint density at radius 3 is 2.41 bits per heavy atom. The minimum absolute atomic E-state index is 0.117. The van der Waals surface area contributed by atoms with Crippen LogP contribution in [-0.4, -0.2) is 77.4 Å². The van der Waals surface area contributed by atoms with Crippen molar-refractivity contribution >= 4 is 29.1 Å². The molecule has 1 aromatic carbocycles. The Bertz CT molecular complexity index is 1190. The second kappa shape index (κ2) is 11.1. The van der Waals surface area contributed by atoms with Gasteiger partial charge in [-0.3, -0.25) is 9.59 Å². The molecule has 3 N–H and O–H groups in total. The highest BCUT2D eigenvalue weighted by atomic mass is 16.2. The summed E-state index contributed by atoms with van der Waals surface area (Å²) in [6.45, 7) is 7.68. The van der Waals surface area contributed by atoms with Gasteiger partial charge in [-0.25, -0.2) is 9.97 Å². The summed E-state index contributed by atoms with van der Waals surface area (Å²) in [5.74, 6) is 0.785. The molecule has 9 heteroatoms. The Balaban J connectivity index is 1.31. The van der Waals surface area contributed by atoms with E-state index in [1.807, 2.05) is 0 Å². The number of aromatic nitrogens is 2. The van der Waals surface area contributed by atoms with Gasteiger partial charge in [-0.15, -0.1) is 0 Å². The maximum atomic E-state index is 12.4. The van der Waals surface area contributed by atoms with E-state index >= 15 is 0 Å². The molecular formula is C30H43N7O2. The van der Waals surface area contributed by atoms with Crippen LogP contribution < -0.4 is 16.0 Å². The van der Waals surface area contributed by atoms with E-state index in [9.17, 15) is 9.59 Å². The monoisotopic (exact) mass is 533 g/mol. The number of anilines is 3. The van der Waals surface area contributed by atoms with Gasteiger partial charge in [0.25, 0.3) is 5.91 Å². The van der Waals surface area contributed by atoms with Crippen molar-refractivity contribution < 1.29 is 9.59 Å². The van der Waals surface area contributed by atoms with Crippen LogP contribution in [0.2, 0.25) is 0 Å². The average molecular weight is 534 g/mol. The molecule has 3 aliphatic rings. The Morgan fingerprint density at radius 1 is 1.10 bits per heavy atom. The van der Waals surface area contributed by atoms with E-state index in [0.717, 1.165) is 31.1 Å². The van der Waals surface area contributed by atoms with E-state index in [1.165, 1.54) is 44.3 Å². The van der Waals surface area contributed by atoms with Crippen molar-refractivity contribution in [2.45, 2.75) is 76.3 Å². The third kappa shape index (κ3) is 6.03. The first kappa shape index (κ1) is 27.4. The second-order valence-corrected chi connectivity index (χ2v) is 12.1. The van der Waals surface area contributed by atoms with Crippen molar-refractivity contribution in [2.75, 3.05) is 43.9 Å². The van der Waals surface area contributed by atoms with Gasteiger partial charge in [0.15, 0.2) is 11.5 Å². The SMILES string of the molecule is C[C@@H]1[C@H](CC(=O)N(C)C)CCCN1c1cnc(C(N)=O)c(Nc2ccc(C3(C)CCN(C4CC4)CC3)cc2)n1. The van der Waals surface area contributed by atoms with Gasteiger partial charge in [-0.1, -0.05) is 19.1 Å². The molecule has 2 amide bonds. The number of rotatable bonds is 8. The van der Waals surface area contributed by atoms with Crippen LogP contribution in [0.4, 0.5) is 17.3 Å². The normalized spacial score (nSPS) is 23.3. The van der Waals surface area contributed by atoms with Gasteiger partial charge in [0.2, 0.25) is 5.91 Å². The van der Waals surface area contributed by atoms with Crippen LogP contribution in [0.15, 0.2) is 30.5 Å². The van der Waals surface area contributed by atoms with E-state index < -0.39 is 5.91 Å². The molecule has 1 aromatic heterocycles. The zero-order valence-electron chi connectivity index (χ0n) is 23.8. The van der Waals surface area contributed by atoms with Crippen LogP contribution in [0.3, 0.4) is 0 Å². The summed E-state index contributed by atoms with van der Waals surface area (Å²) in [7, 11) is 3.59. The van der Waals surface area contributed by atoms with Gasteiger partial charge in [0, 0.05) is 44.8 Å². The summed E-state index contributed by atoms with van der Waals surface area (Å²) < 4.78 is 0. The molecule has 2 aromatic rings. The van der Waals surface area contributed by atoms with Crippen molar-refractivity contribution in [1.29, 1.82) is 0 Å². The third-order valence-corrected chi connectivity index (χ3v) is 9.18.